The average Bonchev–Trinajstić information content (AvgIpc) is 2.71. The van der Waals surface area contributed by atoms with Gasteiger partial charge in [0.05, 0.1) is 7.11 Å². The van der Waals surface area contributed by atoms with E-state index in [-0.39, 0.29) is 11.7 Å². The molecule has 1 aromatic heterocycles. The fourth-order valence-electron chi connectivity index (χ4n) is 2.27. The minimum Gasteiger partial charge on any atom is -0.465 e. The molecular weight excluding hydrogens is 208 g/mol. The van der Waals surface area contributed by atoms with Gasteiger partial charge in [-0.2, -0.15) is 0 Å². The predicted molar refractivity (Wildman–Crippen MR) is 58.1 cm³/mol. The number of hydrogen-bond acceptors (Lipinski definition) is 5. The molecule has 1 fully saturated rings. The third-order valence-corrected chi connectivity index (χ3v) is 3.11. The molecule has 5 nitrogen and oxygen atoms in total. The SMILES string of the molecule is COC(=O)c1c(N)noc1C1CCCCC1. The van der Waals surface area contributed by atoms with Gasteiger partial charge < -0.3 is 15.0 Å². The van der Waals surface area contributed by atoms with E-state index in [1.54, 1.807) is 0 Å². The number of nitrogen functional groups attached to an aromatic ring is 1. The highest BCUT2D eigenvalue weighted by atomic mass is 16.5. The Hall–Kier alpha value is -1.52. The summed E-state index contributed by atoms with van der Waals surface area (Å²) in [5, 5.41) is 3.66. The van der Waals surface area contributed by atoms with Gasteiger partial charge in [0.2, 0.25) is 0 Å². The summed E-state index contributed by atoms with van der Waals surface area (Å²) in [6.45, 7) is 0. The fourth-order valence-corrected chi connectivity index (χ4v) is 2.27. The lowest BCUT2D eigenvalue weighted by molar-refractivity contribution is 0.0597. The van der Waals surface area contributed by atoms with E-state index in [1.165, 1.54) is 13.5 Å². The van der Waals surface area contributed by atoms with E-state index < -0.39 is 5.97 Å². The molecule has 1 saturated carbocycles. The smallest absolute Gasteiger partial charge is 0.345 e. The molecular formula is C11H16N2O3. The van der Waals surface area contributed by atoms with Gasteiger partial charge in [0.25, 0.3) is 0 Å². The van der Waals surface area contributed by atoms with Crippen LogP contribution in [0.4, 0.5) is 5.82 Å². The predicted octanol–water partition coefficient (Wildman–Crippen LogP) is 2.09. The van der Waals surface area contributed by atoms with Gasteiger partial charge in [-0.05, 0) is 12.8 Å². The Kier molecular flexibility index (Phi) is 3.12. The van der Waals surface area contributed by atoms with Crippen LogP contribution in [0.1, 0.15) is 54.1 Å². The molecule has 0 unspecified atom stereocenters. The number of nitrogens with zero attached hydrogens (tertiary/aromatic N) is 1. The van der Waals surface area contributed by atoms with Gasteiger partial charge in [-0.3, -0.25) is 0 Å². The maximum absolute atomic E-state index is 11.6. The Bertz CT molecular complexity index is 381. The van der Waals surface area contributed by atoms with Gasteiger partial charge in [0, 0.05) is 5.92 Å². The standard InChI is InChI=1S/C11H16N2O3/c1-15-11(14)8-9(16-13-10(8)12)7-5-3-2-4-6-7/h7H,2-6H2,1H3,(H2,12,13). The van der Waals surface area contributed by atoms with Gasteiger partial charge in [-0.15, -0.1) is 0 Å². The Balaban J connectivity index is 2.29. The number of carbonyl (C=O) groups is 1. The molecule has 0 atom stereocenters. The Morgan fingerprint density at radius 3 is 2.75 bits per heavy atom. The van der Waals surface area contributed by atoms with Crippen LogP contribution in [0.5, 0.6) is 0 Å². The van der Waals surface area contributed by atoms with Crippen molar-refractivity contribution in [3.63, 3.8) is 0 Å². The minimum atomic E-state index is -0.459. The number of aromatic nitrogens is 1. The number of esters is 1. The Morgan fingerprint density at radius 1 is 1.44 bits per heavy atom. The van der Waals surface area contributed by atoms with Crippen molar-refractivity contribution in [2.45, 2.75) is 38.0 Å². The molecule has 1 aliphatic carbocycles. The summed E-state index contributed by atoms with van der Waals surface area (Å²) < 4.78 is 9.87. The number of methoxy groups -OCH3 is 1. The first kappa shape index (κ1) is 11.0. The summed E-state index contributed by atoms with van der Waals surface area (Å²) in [6.07, 6.45) is 5.61. The molecule has 0 aromatic carbocycles. The van der Waals surface area contributed by atoms with E-state index in [4.69, 9.17) is 10.3 Å². The van der Waals surface area contributed by atoms with E-state index in [2.05, 4.69) is 9.89 Å². The second-order valence-electron chi connectivity index (χ2n) is 4.13. The summed E-state index contributed by atoms with van der Waals surface area (Å²) in [5.74, 6) is 0.531. The highest BCUT2D eigenvalue weighted by Gasteiger charge is 2.29. The van der Waals surface area contributed by atoms with Crippen LogP contribution in [0.3, 0.4) is 0 Å². The molecule has 0 amide bonds. The quantitative estimate of drug-likeness (QED) is 0.778. The first-order chi connectivity index (χ1) is 7.74. The van der Waals surface area contributed by atoms with E-state index in [9.17, 15) is 4.79 Å². The number of carbonyl (C=O) groups excluding carboxylic acids is 1. The van der Waals surface area contributed by atoms with Crippen LogP contribution in [0.15, 0.2) is 4.52 Å². The maximum Gasteiger partial charge on any atom is 0.345 e. The Labute approximate surface area is 93.9 Å². The highest BCUT2D eigenvalue weighted by Crippen LogP contribution is 2.36. The van der Waals surface area contributed by atoms with E-state index in [0.717, 1.165) is 25.7 Å². The number of hydrogen-bond donors (Lipinski definition) is 1. The zero-order valence-corrected chi connectivity index (χ0v) is 9.36. The third-order valence-electron chi connectivity index (χ3n) is 3.11. The molecule has 0 saturated heterocycles. The summed E-state index contributed by atoms with van der Waals surface area (Å²) in [7, 11) is 1.33. The highest BCUT2D eigenvalue weighted by molar-refractivity contribution is 5.95. The largest absolute Gasteiger partial charge is 0.465 e. The van der Waals surface area contributed by atoms with Crippen LogP contribution in [0.2, 0.25) is 0 Å². The van der Waals surface area contributed by atoms with Gasteiger partial charge in [0.15, 0.2) is 11.6 Å². The van der Waals surface area contributed by atoms with Gasteiger partial charge in [-0.1, -0.05) is 24.4 Å². The van der Waals surface area contributed by atoms with Gasteiger partial charge >= 0.3 is 5.97 Å². The zero-order valence-electron chi connectivity index (χ0n) is 9.36. The molecule has 1 heterocycles. The molecule has 0 spiro atoms. The number of nitrogens with two attached hydrogens (primary N) is 1. The lowest BCUT2D eigenvalue weighted by Gasteiger charge is -2.19. The minimum absolute atomic E-state index is 0.132. The van der Waals surface area contributed by atoms with Gasteiger partial charge in [0.1, 0.15) is 5.56 Å². The summed E-state index contributed by atoms with van der Waals surface area (Å²) in [6, 6.07) is 0. The normalized spacial score (nSPS) is 17.3. The number of anilines is 1. The van der Waals surface area contributed by atoms with E-state index >= 15 is 0 Å². The maximum atomic E-state index is 11.6. The van der Waals surface area contributed by atoms with Crippen LogP contribution >= 0.6 is 0 Å². The zero-order chi connectivity index (χ0) is 11.5. The molecule has 0 radical (unpaired) electrons. The van der Waals surface area contributed by atoms with E-state index in [1.807, 2.05) is 0 Å². The van der Waals surface area contributed by atoms with Crippen LogP contribution in [-0.4, -0.2) is 18.2 Å². The molecule has 16 heavy (non-hydrogen) atoms. The van der Waals surface area contributed by atoms with Crippen molar-refractivity contribution in [1.82, 2.24) is 5.16 Å². The third kappa shape index (κ3) is 1.89. The van der Waals surface area contributed by atoms with Crippen molar-refractivity contribution in [2.75, 3.05) is 12.8 Å². The first-order valence-corrected chi connectivity index (χ1v) is 5.57. The van der Waals surface area contributed by atoms with Crippen LogP contribution < -0.4 is 5.73 Å². The topological polar surface area (TPSA) is 78.4 Å². The van der Waals surface area contributed by atoms with Crippen molar-refractivity contribution >= 4 is 11.8 Å². The molecule has 0 aliphatic heterocycles. The molecule has 1 aromatic rings. The number of rotatable bonds is 2. The van der Waals surface area contributed by atoms with Crippen LogP contribution in [0.25, 0.3) is 0 Å². The van der Waals surface area contributed by atoms with Gasteiger partial charge in [-0.25, -0.2) is 4.79 Å². The van der Waals surface area contributed by atoms with Crippen molar-refractivity contribution < 1.29 is 14.1 Å². The second-order valence-corrected chi connectivity index (χ2v) is 4.13. The molecule has 1 aliphatic rings. The van der Waals surface area contributed by atoms with Crippen molar-refractivity contribution in [3.05, 3.63) is 11.3 Å². The first-order valence-electron chi connectivity index (χ1n) is 5.57. The lowest BCUT2D eigenvalue weighted by atomic mass is 9.86. The van der Waals surface area contributed by atoms with Crippen LogP contribution in [-0.2, 0) is 4.74 Å². The molecule has 2 N–H and O–H groups in total. The summed E-state index contributed by atoms with van der Waals surface area (Å²) >= 11 is 0. The van der Waals surface area contributed by atoms with Crippen molar-refractivity contribution in [3.8, 4) is 0 Å². The lowest BCUT2D eigenvalue weighted by Crippen LogP contribution is -2.11. The van der Waals surface area contributed by atoms with Crippen molar-refractivity contribution in [2.24, 2.45) is 0 Å². The van der Waals surface area contributed by atoms with Crippen molar-refractivity contribution in [1.29, 1.82) is 0 Å². The average molecular weight is 224 g/mol. The summed E-state index contributed by atoms with van der Waals surface area (Å²) in [5.41, 5.74) is 5.93. The number of ether oxygens (including phenoxy) is 1. The van der Waals surface area contributed by atoms with E-state index in [0.29, 0.717) is 11.3 Å². The van der Waals surface area contributed by atoms with Crippen LogP contribution in [0, 0.1) is 0 Å². The molecule has 88 valence electrons. The molecule has 2 rings (SSSR count). The monoisotopic (exact) mass is 224 g/mol. The molecule has 0 bridgehead atoms. The molecule has 5 heteroatoms. The fraction of sp³-hybridized carbons (Fsp3) is 0.636. The second kappa shape index (κ2) is 4.55. The summed E-state index contributed by atoms with van der Waals surface area (Å²) in [4.78, 5) is 11.6. The Morgan fingerprint density at radius 2 is 2.12 bits per heavy atom.